The number of guanidine groups is 1. The Labute approximate surface area is 234 Å². The van der Waals surface area contributed by atoms with Crippen molar-refractivity contribution < 1.29 is 0 Å². The third kappa shape index (κ3) is 7.82. The topological polar surface area (TPSA) is 91.5 Å². The Morgan fingerprint density at radius 2 is 1.79 bits per heavy atom. The van der Waals surface area contributed by atoms with Crippen LogP contribution in [0.2, 0.25) is 0 Å². The summed E-state index contributed by atoms with van der Waals surface area (Å²) in [5.74, 6) is 1.62. The van der Waals surface area contributed by atoms with Crippen molar-refractivity contribution >= 4 is 11.7 Å². The summed E-state index contributed by atoms with van der Waals surface area (Å²) in [5, 5.41) is 6.78. The van der Waals surface area contributed by atoms with Gasteiger partial charge in [0.15, 0.2) is 5.96 Å². The van der Waals surface area contributed by atoms with Crippen molar-refractivity contribution in [2.24, 2.45) is 10.7 Å². The highest BCUT2D eigenvalue weighted by molar-refractivity contribution is 5.85. The maximum Gasteiger partial charge on any atom is 0.196 e. The van der Waals surface area contributed by atoms with Crippen LogP contribution < -0.4 is 16.4 Å². The van der Waals surface area contributed by atoms with E-state index >= 15 is 0 Å². The number of aryl methyl sites for hydroxylation is 4. The number of hydrogen-bond donors (Lipinski definition) is 3. The van der Waals surface area contributed by atoms with E-state index in [-0.39, 0.29) is 5.54 Å². The molecule has 0 aliphatic carbocycles. The lowest BCUT2D eigenvalue weighted by Gasteiger charge is -2.33. The highest BCUT2D eigenvalue weighted by Crippen LogP contribution is 2.25. The monoisotopic (exact) mass is 527 g/mol. The number of hydrogen-bond acceptors (Lipinski definition) is 7. The number of nitrogens with one attached hydrogen (secondary N) is 2. The average Bonchev–Trinajstić information content (AvgIpc) is 3.34. The van der Waals surface area contributed by atoms with Crippen LogP contribution in [0.5, 0.6) is 0 Å². The molecule has 0 radical (unpaired) electrons. The maximum atomic E-state index is 5.75. The quantitative estimate of drug-likeness (QED) is 0.298. The highest BCUT2D eigenvalue weighted by atomic mass is 15.3. The summed E-state index contributed by atoms with van der Waals surface area (Å²) in [7, 11) is 0. The lowest BCUT2D eigenvalue weighted by molar-refractivity contribution is 0.305. The number of rotatable bonds is 14. The summed E-state index contributed by atoms with van der Waals surface area (Å²) in [4.78, 5) is 16.3. The molecular formula is C32H45N7. The van der Waals surface area contributed by atoms with Gasteiger partial charge in [0.1, 0.15) is 5.82 Å². The molecule has 0 spiro atoms. The summed E-state index contributed by atoms with van der Waals surface area (Å²) >= 11 is 0. The summed E-state index contributed by atoms with van der Waals surface area (Å²) < 4.78 is 0. The van der Waals surface area contributed by atoms with Crippen LogP contribution in [-0.4, -0.2) is 46.0 Å². The average molecular weight is 528 g/mol. The number of aromatic nitrogens is 2. The van der Waals surface area contributed by atoms with E-state index in [1.807, 2.05) is 6.92 Å². The molecule has 1 aliphatic heterocycles. The third-order valence-electron chi connectivity index (χ3n) is 7.49. The van der Waals surface area contributed by atoms with Gasteiger partial charge in [0, 0.05) is 53.6 Å². The van der Waals surface area contributed by atoms with E-state index in [1.54, 1.807) is 0 Å². The summed E-state index contributed by atoms with van der Waals surface area (Å²) in [6.07, 6.45) is 4.55. The molecular weight excluding hydrogens is 482 g/mol. The lowest BCUT2D eigenvalue weighted by Crippen LogP contribution is -2.50. The van der Waals surface area contributed by atoms with Crippen molar-refractivity contribution in [1.29, 1.82) is 0 Å². The molecule has 0 saturated heterocycles. The zero-order valence-corrected chi connectivity index (χ0v) is 24.2. The van der Waals surface area contributed by atoms with Crippen LogP contribution in [0.15, 0.2) is 78.6 Å². The van der Waals surface area contributed by atoms with Crippen LogP contribution in [0.4, 0.5) is 0 Å². The second-order valence-electron chi connectivity index (χ2n) is 10.3. The second-order valence-corrected chi connectivity index (χ2v) is 10.3. The summed E-state index contributed by atoms with van der Waals surface area (Å²) in [6.45, 7) is 27.1. The predicted molar refractivity (Wildman–Crippen MR) is 164 cm³/mol. The molecule has 0 amide bonds. The van der Waals surface area contributed by atoms with Crippen molar-refractivity contribution in [2.45, 2.75) is 65.3 Å². The molecule has 1 atom stereocenters. The van der Waals surface area contributed by atoms with Crippen molar-refractivity contribution in [2.75, 3.05) is 19.6 Å². The van der Waals surface area contributed by atoms with Crippen LogP contribution in [0, 0.1) is 6.92 Å². The van der Waals surface area contributed by atoms with Gasteiger partial charge in [-0.3, -0.25) is 4.99 Å². The first-order valence-electron chi connectivity index (χ1n) is 13.9. The molecule has 2 heterocycles. The van der Waals surface area contributed by atoms with Crippen molar-refractivity contribution in [3.8, 4) is 0 Å². The fraction of sp³-hybridized carbons (Fsp3) is 0.406. The molecule has 39 heavy (non-hydrogen) atoms. The fourth-order valence-electron chi connectivity index (χ4n) is 4.69. The molecule has 4 N–H and O–H groups in total. The Morgan fingerprint density at radius 3 is 2.41 bits per heavy atom. The number of aliphatic imine (C=N–C) groups is 1. The van der Waals surface area contributed by atoms with Gasteiger partial charge in [-0.15, -0.1) is 0 Å². The van der Waals surface area contributed by atoms with Crippen LogP contribution in [0.1, 0.15) is 62.0 Å². The van der Waals surface area contributed by atoms with E-state index in [4.69, 9.17) is 5.73 Å². The van der Waals surface area contributed by atoms with Gasteiger partial charge in [-0.1, -0.05) is 64.4 Å². The zero-order valence-electron chi connectivity index (χ0n) is 24.2. The van der Waals surface area contributed by atoms with Gasteiger partial charge >= 0.3 is 0 Å². The normalized spacial score (nSPS) is 16.3. The minimum atomic E-state index is -0.128. The molecule has 0 saturated carbocycles. The van der Waals surface area contributed by atoms with E-state index in [0.29, 0.717) is 29.5 Å². The minimum absolute atomic E-state index is 0.128. The molecule has 3 rings (SSSR count). The first-order valence-corrected chi connectivity index (χ1v) is 13.9. The third-order valence-corrected chi connectivity index (χ3v) is 7.49. The van der Waals surface area contributed by atoms with Gasteiger partial charge in [-0.25, -0.2) is 9.97 Å². The number of nitrogens with zero attached hydrogens (tertiary/aromatic N) is 4. The van der Waals surface area contributed by atoms with Crippen LogP contribution >= 0.6 is 0 Å². The minimum Gasteiger partial charge on any atom is -0.399 e. The number of benzene rings is 1. The largest absolute Gasteiger partial charge is 0.399 e. The van der Waals surface area contributed by atoms with E-state index in [9.17, 15) is 0 Å². The smallest absolute Gasteiger partial charge is 0.196 e. The Morgan fingerprint density at radius 1 is 1.08 bits per heavy atom. The van der Waals surface area contributed by atoms with E-state index in [0.717, 1.165) is 73.7 Å². The molecule has 1 aromatic heterocycles. The zero-order chi connectivity index (χ0) is 28.6. The van der Waals surface area contributed by atoms with E-state index < -0.39 is 0 Å². The van der Waals surface area contributed by atoms with Crippen molar-refractivity contribution in [3.05, 3.63) is 102 Å². The lowest BCUT2D eigenvalue weighted by atomic mass is 9.92. The Bertz CT molecular complexity index is 1240. The Kier molecular flexibility index (Phi) is 10.1. The predicted octanol–water partition coefficient (Wildman–Crippen LogP) is 5.06. The van der Waals surface area contributed by atoms with Gasteiger partial charge in [-0.05, 0) is 56.7 Å². The fourth-order valence-corrected chi connectivity index (χ4v) is 4.69. The second kappa shape index (κ2) is 13.3. The van der Waals surface area contributed by atoms with Gasteiger partial charge in [0.25, 0.3) is 0 Å². The van der Waals surface area contributed by atoms with Crippen LogP contribution in [0.25, 0.3) is 5.70 Å². The highest BCUT2D eigenvalue weighted by Gasteiger charge is 2.34. The van der Waals surface area contributed by atoms with Gasteiger partial charge in [0.05, 0.1) is 12.1 Å². The van der Waals surface area contributed by atoms with Crippen molar-refractivity contribution in [1.82, 2.24) is 25.5 Å². The summed E-state index contributed by atoms with van der Waals surface area (Å²) in [6, 6.07) is 10.8. The molecule has 1 aliphatic rings. The Balaban J connectivity index is 1.56. The molecule has 1 aromatic carbocycles. The van der Waals surface area contributed by atoms with Gasteiger partial charge < -0.3 is 21.3 Å². The van der Waals surface area contributed by atoms with E-state index in [1.165, 1.54) is 5.56 Å². The first kappa shape index (κ1) is 29.7. The Hall–Kier alpha value is -3.87. The standard InChI is InChI=1S/C32H45N7/c1-9-29-20-22(4)35-30(37-29)17-14-27-12-15-28(16-13-27)26(8)39(11-3)19-18-32(10-2)21-34-31(38-32)36-25(7)23(5)24(6)33/h12-13,15-16,20H,5-11,14,17-19,21,33H2,1-4H3,(H2,34,36,38). The van der Waals surface area contributed by atoms with Crippen molar-refractivity contribution in [3.63, 3.8) is 0 Å². The molecule has 1 unspecified atom stereocenters. The van der Waals surface area contributed by atoms with Crippen LogP contribution in [-0.2, 0) is 19.3 Å². The molecule has 208 valence electrons. The first-order chi connectivity index (χ1) is 18.6. The SMILES string of the molecule is C=C(N)C(=C)C(=C)NC1=NCC(CC)(CCN(CC)C(=C)c2ccc(CCc3nc(C)cc(CC)n3)cc2)N1. The maximum absolute atomic E-state index is 5.75. The molecule has 2 aromatic rings. The molecule has 7 nitrogen and oxygen atoms in total. The van der Waals surface area contributed by atoms with Gasteiger partial charge in [-0.2, -0.15) is 0 Å². The van der Waals surface area contributed by atoms with Crippen LogP contribution in [0.3, 0.4) is 0 Å². The molecule has 0 fully saturated rings. The number of nitrogens with two attached hydrogens (primary N) is 1. The van der Waals surface area contributed by atoms with Gasteiger partial charge in [0.2, 0.25) is 0 Å². The molecule has 7 heteroatoms. The molecule has 0 bridgehead atoms. The van der Waals surface area contributed by atoms with E-state index in [2.05, 4.69) is 108 Å². The summed E-state index contributed by atoms with van der Waals surface area (Å²) in [5.41, 5.74) is 12.8.